The maximum atomic E-state index is 13.4. The normalized spacial score (nSPS) is 11.2. The van der Waals surface area contributed by atoms with Crippen molar-refractivity contribution in [2.75, 3.05) is 6.54 Å². The highest BCUT2D eigenvalue weighted by molar-refractivity contribution is 5.55. The summed E-state index contributed by atoms with van der Waals surface area (Å²) in [4.78, 5) is 4.31. The van der Waals surface area contributed by atoms with E-state index in [1.165, 1.54) is 12.1 Å². The zero-order chi connectivity index (χ0) is 14.5. The minimum Gasteiger partial charge on any atom is -0.339 e. The molecular weight excluding hydrogens is 257 g/mol. The van der Waals surface area contributed by atoms with E-state index in [2.05, 4.69) is 29.3 Å². The first-order valence-corrected chi connectivity index (χ1v) is 6.88. The van der Waals surface area contributed by atoms with Crippen LogP contribution < -0.4 is 5.32 Å². The highest BCUT2D eigenvalue weighted by Gasteiger charge is 2.10. The molecule has 0 bridgehead atoms. The molecule has 1 aromatic carbocycles. The van der Waals surface area contributed by atoms with E-state index >= 15 is 0 Å². The molecular formula is C15H20FN3O. The van der Waals surface area contributed by atoms with Crippen molar-refractivity contribution >= 4 is 0 Å². The van der Waals surface area contributed by atoms with Crippen molar-refractivity contribution in [3.63, 3.8) is 0 Å². The van der Waals surface area contributed by atoms with Crippen LogP contribution >= 0.6 is 0 Å². The SMILES string of the molecule is Cc1cc(F)cc(-c2noc(CCCNC(C)C)n2)c1. The van der Waals surface area contributed by atoms with Gasteiger partial charge in [0.2, 0.25) is 11.7 Å². The summed E-state index contributed by atoms with van der Waals surface area (Å²) in [6, 6.07) is 5.21. The van der Waals surface area contributed by atoms with Crippen molar-refractivity contribution in [3.05, 3.63) is 35.5 Å². The number of nitrogens with zero attached hydrogens (tertiary/aromatic N) is 2. The smallest absolute Gasteiger partial charge is 0.227 e. The number of hydrogen-bond acceptors (Lipinski definition) is 4. The van der Waals surface area contributed by atoms with Gasteiger partial charge in [0.25, 0.3) is 0 Å². The summed E-state index contributed by atoms with van der Waals surface area (Å²) < 4.78 is 18.5. The molecule has 5 heteroatoms. The van der Waals surface area contributed by atoms with E-state index in [9.17, 15) is 4.39 Å². The molecule has 0 aliphatic carbocycles. The Hall–Kier alpha value is -1.75. The number of rotatable bonds is 6. The van der Waals surface area contributed by atoms with Crippen LogP contribution in [0.25, 0.3) is 11.4 Å². The standard InChI is InChI=1S/C15H20FN3O/c1-10(2)17-6-4-5-14-18-15(19-20-14)12-7-11(3)8-13(16)9-12/h7-10,17H,4-6H2,1-3H3. The van der Waals surface area contributed by atoms with Crippen LogP contribution in [-0.4, -0.2) is 22.7 Å². The lowest BCUT2D eigenvalue weighted by Gasteiger charge is -2.05. The number of halogens is 1. The molecule has 0 atom stereocenters. The van der Waals surface area contributed by atoms with E-state index in [0.29, 0.717) is 23.3 Å². The summed E-state index contributed by atoms with van der Waals surface area (Å²) in [6.07, 6.45) is 1.66. The molecule has 0 amide bonds. The second-order valence-electron chi connectivity index (χ2n) is 5.24. The lowest BCUT2D eigenvalue weighted by molar-refractivity contribution is 0.374. The first kappa shape index (κ1) is 14.7. The lowest BCUT2D eigenvalue weighted by atomic mass is 10.1. The van der Waals surface area contributed by atoms with Gasteiger partial charge in [0.05, 0.1) is 0 Å². The molecule has 0 aliphatic rings. The third-order valence-corrected chi connectivity index (χ3v) is 2.89. The number of benzene rings is 1. The van der Waals surface area contributed by atoms with Crippen LogP contribution in [0.4, 0.5) is 4.39 Å². The van der Waals surface area contributed by atoms with Crippen LogP contribution in [0, 0.1) is 12.7 Å². The van der Waals surface area contributed by atoms with Crippen LogP contribution in [0.5, 0.6) is 0 Å². The molecule has 2 aromatic rings. The summed E-state index contributed by atoms with van der Waals surface area (Å²) in [5, 5.41) is 7.24. The molecule has 1 heterocycles. The van der Waals surface area contributed by atoms with Gasteiger partial charge in [0, 0.05) is 18.0 Å². The van der Waals surface area contributed by atoms with Crippen molar-refractivity contribution in [3.8, 4) is 11.4 Å². The maximum absolute atomic E-state index is 13.4. The van der Waals surface area contributed by atoms with Gasteiger partial charge in [-0.05, 0) is 43.7 Å². The van der Waals surface area contributed by atoms with E-state index in [-0.39, 0.29) is 5.82 Å². The lowest BCUT2D eigenvalue weighted by Crippen LogP contribution is -2.23. The largest absolute Gasteiger partial charge is 0.339 e. The molecule has 108 valence electrons. The van der Waals surface area contributed by atoms with E-state index < -0.39 is 0 Å². The predicted molar refractivity (Wildman–Crippen MR) is 75.9 cm³/mol. The number of nitrogens with one attached hydrogen (secondary N) is 1. The summed E-state index contributed by atoms with van der Waals surface area (Å²) in [7, 11) is 0. The second kappa shape index (κ2) is 6.61. The number of hydrogen-bond donors (Lipinski definition) is 1. The minimum atomic E-state index is -0.285. The zero-order valence-electron chi connectivity index (χ0n) is 12.1. The first-order chi connectivity index (χ1) is 9.54. The average Bonchev–Trinajstić information content (AvgIpc) is 2.82. The Kier molecular flexibility index (Phi) is 4.84. The van der Waals surface area contributed by atoms with Crippen molar-refractivity contribution < 1.29 is 8.91 Å². The summed E-state index contributed by atoms with van der Waals surface area (Å²) in [5.41, 5.74) is 1.49. The monoisotopic (exact) mass is 277 g/mol. The van der Waals surface area contributed by atoms with Gasteiger partial charge in [0.15, 0.2) is 0 Å². The summed E-state index contributed by atoms with van der Waals surface area (Å²) in [6.45, 7) is 6.97. The average molecular weight is 277 g/mol. The quantitative estimate of drug-likeness (QED) is 0.824. The van der Waals surface area contributed by atoms with Crippen LogP contribution in [0.3, 0.4) is 0 Å². The fourth-order valence-corrected chi connectivity index (χ4v) is 1.97. The Morgan fingerprint density at radius 2 is 2.10 bits per heavy atom. The molecule has 0 fully saturated rings. The number of aryl methyl sites for hydroxylation is 2. The molecule has 0 saturated heterocycles. The van der Waals surface area contributed by atoms with Gasteiger partial charge in [-0.3, -0.25) is 0 Å². The molecule has 0 unspecified atom stereocenters. The predicted octanol–water partition coefficient (Wildman–Crippen LogP) is 3.11. The van der Waals surface area contributed by atoms with Gasteiger partial charge >= 0.3 is 0 Å². The highest BCUT2D eigenvalue weighted by atomic mass is 19.1. The van der Waals surface area contributed by atoms with Gasteiger partial charge in [-0.1, -0.05) is 19.0 Å². The zero-order valence-corrected chi connectivity index (χ0v) is 12.1. The highest BCUT2D eigenvalue weighted by Crippen LogP contribution is 2.19. The maximum Gasteiger partial charge on any atom is 0.227 e. The third-order valence-electron chi connectivity index (χ3n) is 2.89. The first-order valence-electron chi connectivity index (χ1n) is 6.88. The van der Waals surface area contributed by atoms with Gasteiger partial charge in [-0.2, -0.15) is 4.98 Å². The van der Waals surface area contributed by atoms with Crippen LogP contribution in [0.1, 0.15) is 31.7 Å². The van der Waals surface area contributed by atoms with E-state index in [4.69, 9.17) is 4.52 Å². The Morgan fingerprint density at radius 3 is 2.80 bits per heavy atom. The second-order valence-corrected chi connectivity index (χ2v) is 5.24. The Morgan fingerprint density at radius 1 is 1.30 bits per heavy atom. The van der Waals surface area contributed by atoms with Gasteiger partial charge in [-0.15, -0.1) is 0 Å². The summed E-state index contributed by atoms with van der Waals surface area (Å²) >= 11 is 0. The molecule has 1 N–H and O–H groups in total. The fraction of sp³-hybridized carbons (Fsp3) is 0.467. The van der Waals surface area contributed by atoms with Crippen LogP contribution in [-0.2, 0) is 6.42 Å². The third kappa shape index (κ3) is 4.13. The molecule has 0 spiro atoms. The van der Waals surface area contributed by atoms with E-state index in [1.54, 1.807) is 0 Å². The van der Waals surface area contributed by atoms with Gasteiger partial charge < -0.3 is 9.84 Å². The summed E-state index contributed by atoms with van der Waals surface area (Å²) in [5.74, 6) is 0.749. The molecule has 0 aliphatic heterocycles. The van der Waals surface area contributed by atoms with Crippen molar-refractivity contribution in [2.24, 2.45) is 0 Å². The molecule has 0 saturated carbocycles. The van der Waals surface area contributed by atoms with Crippen molar-refractivity contribution in [2.45, 2.75) is 39.7 Å². The molecule has 2 rings (SSSR count). The Balaban J connectivity index is 1.98. The molecule has 1 aromatic heterocycles. The van der Waals surface area contributed by atoms with E-state index in [1.807, 2.05) is 13.0 Å². The topological polar surface area (TPSA) is 51.0 Å². The van der Waals surface area contributed by atoms with Crippen LogP contribution in [0.2, 0.25) is 0 Å². The molecule has 4 nitrogen and oxygen atoms in total. The molecule has 20 heavy (non-hydrogen) atoms. The van der Waals surface area contributed by atoms with Crippen molar-refractivity contribution in [1.82, 2.24) is 15.5 Å². The Labute approximate surface area is 118 Å². The van der Waals surface area contributed by atoms with Crippen LogP contribution in [0.15, 0.2) is 22.7 Å². The molecule has 0 radical (unpaired) electrons. The van der Waals surface area contributed by atoms with Gasteiger partial charge in [-0.25, -0.2) is 4.39 Å². The fourth-order valence-electron chi connectivity index (χ4n) is 1.97. The van der Waals surface area contributed by atoms with E-state index in [0.717, 1.165) is 24.9 Å². The minimum absolute atomic E-state index is 0.285. The Bertz CT molecular complexity index is 546. The number of aromatic nitrogens is 2. The van der Waals surface area contributed by atoms with Gasteiger partial charge in [0.1, 0.15) is 5.82 Å². The van der Waals surface area contributed by atoms with Crippen molar-refractivity contribution in [1.29, 1.82) is 0 Å².